The molecule has 11 aromatic carbocycles. The Hall–Kier alpha value is -8.66. The first-order chi connectivity index (χ1) is 34.0. The van der Waals surface area contributed by atoms with Crippen LogP contribution in [-0.4, -0.2) is 0 Å². The lowest BCUT2D eigenvalue weighted by atomic mass is 9.65. The van der Waals surface area contributed by atoms with E-state index in [0.717, 1.165) is 94.3 Å². The number of benzene rings is 11. The first-order valence-electron chi connectivity index (χ1n) is 24.0. The molecule has 12 aromatic rings. The van der Waals surface area contributed by atoms with Crippen molar-refractivity contribution in [1.82, 2.24) is 0 Å². The molecule has 0 unspecified atom stereocenters. The molecule has 3 nitrogen and oxygen atoms in total. The summed E-state index contributed by atoms with van der Waals surface area (Å²) in [6.07, 6.45) is 0. The Kier molecular flexibility index (Phi) is 7.77. The van der Waals surface area contributed by atoms with Gasteiger partial charge in [0.1, 0.15) is 22.7 Å². The SMILES string of the molecule is CC1(C)c2ccccc2-c2cc(N(c3ccc(-c4cccc5c4oc4ccccc45)cc3)c3cccc4c3-c3ccccc3C43c4ccc5ccccc5c4Oc4c3ccc3ccccc43)ccc21. The Morgan fingerprint density at radius 2 is 0.928 bits per heavy atom. The van der Waals surface area contributed by atoms with Gasteiger partial charge in [0.05, 0.1) is 11.1 Å². The predicted molar refractivity (Wildman–Crippen MR) is 284 cm³/mol. The third-order valence-corrected chi connectivity index (χ3v) is 15.7. The topological polar surface area (TPSA) is 25.6 Å². The Morgan fingerprint density at radius 1 is 0.377 bits per heavy atom. The summed E-state index contributed by atoms with van der Waals surface area (Å²) in [7, 11) is 0. The summed E-state index contributed by atoms with van der Waals surface area (Å²) in [6.45, 7) is 4.71. The number of furan rings is 1. The monoisotopic (exact) mass is 881 g/mol. The van der Waals surface area contributed by atoms with Gasteiger partial charge in [0.25, 0.3) is 0 Å². The zero-order valence-electron chi connectivity index (χ0n) is 38.1. The molecular weight excluding hydrogens is 839 g/mol. The molecule has 15 rings (SSSR count). The molecule has 1 aliphatic heterocycles. The van der Waals surface area contributed by atoms with Crippen LogP contribution in [0.1, 0.15) is 47.2 Å². The van der Waals surface area contributed by atoms with Crippen molar-refractivity contribution in [2.24, 2.45) is 0 Å². The lowest BCUT2D eigenvalue weighted by Crippen LogP contribution is -2.32. The van der Waals surface area contributed by atoms with Gasteiger partial charge in [-0.25, -0.2) is 0 Å². The fourth-order valence-electron chi connectivity index (χ4n) is 12.7. The van der Waals surface area contributed by atoms with Gasteiger partial charge < -0.3 is 14.1 Å². The van der Waals surface area contributed by atoms with E-state index in [2.05, 4.69) is 237 Å². The van der Waals surface area contributed by atoms with Gasteiger partial charge in [-0.2, -0.15) is 0 Å². The van der Waals surface area contributed by atoms with Crippen molar-refractivity contribution < 1.29 is 9.15 Å². The van der Waals surface area contributed by atoms with Crippen LogP contribution in [0, 0.1) is 0 Å². The van der Waals surface area contributed by atoms with E-state index in [9.17, 15) is 0 Å². The lowest BCUT2D eigenvalue weighted by molar-refractivity contribution is 0.447. The molecule has 2 aliphatic carbocycles. The number of para-hydroxylation sites is 2. The van der Waals surface area contributed by atoms with Gasteiger partial charge in [0.2, 0.25) is 0 Å². The molecule has 0 N–H and O–H groups in total. The normalized spacial score (nSPS) is 14.3. The molecule has 0 atom stereocenters. The second-order valence-corrected chi connectivity index (χ2v) is 19.5. The number of nitrogens with zero attached hydrogens (tertiary/aromatic N) is 1. The van der Waals surface area contributed by atoms with E-state index in [4.69, 9.17) is 9.15 Å². The third-order valence-electron chi connectivity index (χ3n) is 15.7. The Labute approximate surface area is 400 Å². The second kappa shape index (κ2) is 13.9. The van der Waals surface area contributed by atoms with Gasteiger partial charge in [0, 0.05) is 60.6 Å². The maximum Gasteiger partial charge on any atom is 0.143 e. The van der Waals surface area contributed by atoms with Gasteiger partial charge >= 0.3 is 0 Å². The highest BCUT2D eigenvalue weighted by molar-refractivity contribution is 6.10. The van der Waals surface area contributed by atoms with E-state index < -0.39 is 5.41 Å². The van der Waals surface area contributed by atoms with Gasteiger partial charge in [-0.3, -0.25) is 0 Å². The van der Waals surface area contributed by atoms with Crippen LogP contribution in [0.5, 0.6) is 11.5 Å². The average Bonchev–Trinajstić information content (AvgIpc) is 4.01. The average molecular weight is 882 g/mol. The van der Waals surface area contributed by atoms with Crippen LogP contribution in [0.3, 0.4) is 0 Å². The van der Waals surface area contributed by atoms with Crippen molar-refractivity contribution >= 4 is 60.5 Å². The van der Waals surface area contributed by atoms with E-state index in [1.807, 2.05) is 6.07 Å². The molecule has 0 fully saturated rings. The predicted octanol–water partition coefficient (Wildman–Crippen LogP) is 17.8. The van der Waals surface area contributed by atoms with Crippen LogP contribution in [0.15, 0.2) is 229 Å². The third kappa shape index (κ3) is 5.11. The lowest BCUT2D eigenvalue weighted by Gasteiger charge is -2.40. The largest absolute Gasteiger partial charge is 0.455 e. The van der Waals surface area contributed by atoms with Gasteiger partial charge in [-0.05, 0) is 91.7 Å². The summed E-state index contributed by atoms with van der Waals surface area (Å²) >= 11 is 0. The number of ether oxygens (including phenoxy) is 1. The van der Waals surface area contributed by atoms with Crippen molar-refractivity contribution in [3.05, 3.63) is 258 Å². The van der Waals surface area contributed by atoms with E-state index in [-0.39, 0.29) is 5.41 Å². The second-order valence-electron chi connectivity index (χ2n) is 19.5. The molecule has 0 radical (unpaired) electrons. The zero-order chi connectivity index (χ0) is 45.6. The molecule has 0 saturated heterocycles. The van der Waals surface area contributed by atoms with E-state index in [1.54, 1.807) is 0 Å². The summed E-state index contributed by atoms with van der Waals surface area (Å²) in [6, 6.07) is 82.5. The summed E-state index contributed by atoms with van der Waals surface area (Å²) < 4.78 is 13.9. The van der Waals surface area contributed by atoms with Gasteiger partial charge in [-0.15, -0.1) is 0 Å². The van der Waals surface area contributed by atoms with Crippen LogP contribution >= 0.6 is 0 Å². The van der Waals surface area contributed by atoms with Crippen molar-refractivity contribution in [3.8, 4) is 44.9 Å². The first-order valence-corrected chi connectivity index (χ1v) is 24.0. The molecule has 324 valence electrons. The highest BCUT2D eigenvalue weighted by Crippen LogP contribution is 2.66. The molecule has 3 aliphatic rings. The highest BCUT2D eigenvalue weighted by Gasteiger charge is 2.53. The van der Waals surface area contributed by atoms with Crippen molar-refractivity contribution in [2.45, 2.75) is 24.7 Å². The summed E-state index contributed by atoms with van der Waals surface area (Å²) in [4.78, 5) is 2.50. The number of hydrogen-bond donors (Lipinski definition) is 0. The zero-order valence-corrected chi connectivity index (χ0v) is 38.1. The summed E-state index contributed by atoms with van der Waals surface area (Å²) in [5.74, 6) is 1.83. The minimum Gasteiger partial charge on any atom is -0.455 e. The first kappa shape index (κ1) is 38.4. The molecule has 1 spiro atoms. The van der Waals surface area contributed by atoms with Crippen LogP contribution in [0.2, 0.25) is 0 Å². The molecule has 0 saturated carbocycles. The molecule has 3 heteroatoms. The molecule has 2 heterocycles. The number of hydrogen-bond acceptors (Lipinski definition) is 3. The minimum atomic E-state index is -0.680. The molecule has 1 aromatic heterocycles. The van der Waals surface area contributed by atoms with Crippen molar-refractivity contribution in [1.29, 1.82) is 0 Å². The van der Waals surface area contributed by atoms with Crippen LogP contribution in [-0.2, 0) is 10.8 Å². The minimum absolute atomic E-state index is 0.119. The number of fused-ring (bicyclic) bond motifs is 19. The fraction of sp³-hybridized carbons (Fsp3) is 0.0606. The maximum absolute atomic E-state index is 7.30. The van der Waals surface area contributed by atoms with Crippen LogP contribution in [0.4, 0.5) is 17.1 Å². The van der Waals surface area contributed by atoms with Crippen molar-refractivity contribution in [3.63, 3.8) is 0 Å². The summed E-state index contributed by atoms with van der Waals surface area (Å²) in [5.41, 5.74) is 19.0. The van der Waals surface area contributed by atoms with Crippen LogP contribution < -0.4 is 9.64 Å². The van der Waals surface area contributed by atoms with Crippen molar-refractivity contribution in [2.75, 3.05) is 4.90 Å². The number of rotatable bonds is 4. The molecular formula is C66H43NO2. The fourth-order valence-corrected chi connectivity index (χ4v) is 12.7. The van der Waals surface area contributed by atoms with E-state index >= 15 is 0 Å². The maximum atomic E-state index is 7.30. The van der Waals surface area contributed by atoms with Gasteiger partial charge in [0.15, 0.2) is 0 Å². The van der Waals surface area contributed by atoms with E-state index in [1.165, 1.54) is 44.5 Å². The van der Waals surface area contributed by atoms with E-state index in [0.29, 0.717) is 0 Å². The number of anilines is 3. The Bertz CT molecular complexity index is 4070. The quantitative estimate of drug-likeness (QED) is 0.176. The molecule has 0 bridgehead atoms. The van der Waals surface area contributed by atoms with Crippen LogP contribution in [0.25, 0.3) is 76.9 Å². The highest BCUT2D eigenvalue weighted by atomic mass is 16.5. The Morgan fingerprint density at radius 3 is 1.68 bits per heavy atom. The summed E-state index contributed by atoms with van der Waals surface area (Å²) in [5, 5.41) is 6.78. The van der Waals surface area contributed by atoms with Gasteiger partial charge in [-0.1, -0.05) is 202 Å². The molecule has 69 heavy (non-hydrogen) atoms. The Balaban J connectivity index is 1.00. The standard InChI is InChI=1S/C66H43NO2/c1-65(2)53-24-10-7-19-48(53)52-39-44(35-38-54(52)65)67(43-33-29-42(30-34-43)45-22-13-23-50-49-20-9-12-28-60(49)68-62(45)50)59-27-14-26-56-61(59)51-21-8-11-25-55(51)66(56)57-36-31-40-15-3-5-17-46(40)63(57)69-64-47-18-6-4-16-41(47)32-37-58(64)66/h3-39H,1-2H3. The smallest absolute Gasteiger partial charge is 0.143 e. The molecule has 0 amide bonds.